The summed E-state index contributed by atoms with van der Waals surface area (Å²) in [4.78, 5) is 0. The first-order valence-corrected chi connectivity index (χ1v) is 13.8. The van der Waals surface area contributed by atoms with Crippen molar-refractivity contribution in [3.05, 3.63) is 0 Å². The Morgan fingerprint density at radius 1 is 0.286 bits per heavy atom. The largest absolute Gasteiger partial charge is 0.0654 e. The molecule has 0 saturated carbocycles. The lowest BCUT2D eigenvalue weighted by Crippen LogP contribution is -2.01. The molecule has 0 aromatic heterocycles. The topological polar surface area (TPSA) is 0 Å². The van der Waals surface area contributed by atoms with Crippen molar-refractivity contribution in [3.63, 3.8) is 0 Å². The molecule has 1 atom stereocenters. The van der Waals surface area contributed by atoms with E-state index in [-0.39, 0.29) is 0 Å². The van der Waals surface area contributed by atoms with Gasteiger partial charge in [0.15, 0.2) is 0 Å². The van der Waals surface area contributed by atoms with Gasteiger partial charge in [0.25, 0.3) is 0 Å². The Hall–Kier alpha value is 0. The first-order chi connectivity index (χ1) is 13.8. The van der Waals surface area contributed by atoms with E-state index in [0.29, 0.717) is 0 Å². The Bertz CT molecular complexity index is 257. The van der Waals surface area contributed by atoms with Crippen LogP contribution in [0.2, 0.25) is 0 Å². The molecule has 28 heavy (non-hydrogen) atoms. The van der Waals surface area contributed by atoms with E-state index in [1.165, 1.54) is 154 Å². The number of unbranched alkanes of at least 4 members (excludes halogenated alkanes) is 18. The third-order valence-corrected chi connectivity index (χ3v) is 6.65. The summed E-state index contributed by atoms with van der Waals surface area (Å²) in [6.07, 6.45) is 35.3. The first-order valence-electron chi connectivity index (χ1n) is 13.8. The minimum Gasteiger partial charge on any atom is -0.0654 e. The average Bonchev–Trinajstić information content (AvgIpc) is 2.71. The van der Waals surface area contributed by atoms with E-state index in [1.54, 1.807) is 0 Å². The van der Waals surface area contributed by atoms with Gasteiger partial charge < -0.3 is 0 Å². The van der Waals surface area contributed by atoms with Gasteiger partial charge in [-0.3, -0.25) is 0 Å². The summed E-state index contributed by atoms with van der Waals surface area (Å²) in [6, 6.07) is 0. The summed E-state index contributed by atoms with van der Waals surface area (Å²) in [5.41, 5.74) is 0. The van der Waals surface area contributed by atoms with Crippen molar-refractivity contribution in [1.82, 2.24) is 0 Å². The standard InChI is InChI=1S/C28H58/c1-4-7-10-11-12-13-14-15-16-17-18-19-20-21-22-24-27-28(25-9-6-3)26-23-8-5-2/h28H,4-27H2,1-3H3. The van der Waals surface area contributed by atoms with Gasteiger partial charge in [0.05, 0.1) is 0 Å². The third-order valence-electron chi connectivity index (χ3n) is 6.65. The highest BCUT2D eigenvalue weighted by Crippen LogP contribution is 2.23. The monoisotopic (exact) mass is 394 g/mol. The lowest BCUT2D eigenvalue weighted by Gasteiger charge is -2.16. The van der Waals surface area contributed by atoms with Crippen molar-refractivity contribution < 1.29 is 0 Å². The molecule has 0 aromatic carbocycles. The molecule has 0 aliphatic rings. The van der Waals surface area contributed by atoms with Gasteiger partial charge in [-0.15, -0.1) is 0 Å². The molecule has 0 rings (SSSR count). The Morgan fingerprint density at radius 3 is 0.929 bits per heavy atom. The van der Waals surface area contributed by atoms with Crippen LogP contribution in [0.3, 0.4) is 0 Å². The molecular weight excluding hydrogens is 336 g/mol. The lowest BCUT2D eigenvalue weighted by atomic mass is 9.90. The molecule has 170 valence electrons. The smallest absolute Gasteiger partial charge is 0.0414 e. The van der Waals surface area contributed by atoms with E-state index >= 15 is 0 Å². The minimum atomic E-state index is 1.04. The van der Waals surface area contributed by atoms with Crippen molar-refractivity contribution in [2.75, 3.05) is 0 Å². The molecule has 0 spiro atoms. The van der Waals surface area contributed by atoms with Crippen molar-refractivity contribution in [2.45, 2.75) is 175 Å². The third kappa shape index (κ3) is 22.3. The van der Waals surface area contributed by atoms with Gasteiger partial charge in [0.2, 0.25) is 0 Å². The highest BCUT2D eigenvalue weighted by atomic mass is 14.1. The molecule has 0 saturated heterocycles. The normalized spacial score (nSPS) is 12.5. The number of hydrogen-bond donors (Lipinski definition) is 0. The summed E-state index contributed by atoms with van der Waals surface area (Å²) in [7, 11) is 0. The van der Waals surface area contributed by atoms with E-state index in [1.807, 2.05) is 0 Å². The maximum absolute atomic E-state index is 2.34. The molecule has 0 bridgehead atoms. The zero-order valence-corrected chi connectivity index (χ0v) is 20.5. The molecular formula is C28H58. The van der Waals surface area contributed by atoms with Crippen molar-refractivity contribution in [1.29, 1.82) is 0 Å². The first kappa shape index (κ1) is 28.0. The number of rotatable bonds is 24. The van der Waals surface area contributed by atoms with Crippen molar-refractivity contribution in [3.8, 4) is 0 Å². The predicted octanol–water partition coefficient (Wildman–Crippen LogP) is 11.0. The lowest BCUT2D eigenvalue weighted by molar-refractivity contribution is 0.373. The molecule has 0 heteroatoms. The van der Waals surface area contributed by atoms with Crippen LogP contribution in [0.15, 0.2) is 0 Å². The Kier molecular flexibility index (Phi) is 25.0. The fourth-order valence-corrected chi connectivity index (χ4v) is 4.59. The van der Waals surface area contributed by atoms with E-state index in [2.05, 4.69) is 20.8 Å². The molecule has 0 aromatic rings. The summed E-state index contributed by atoms with van der Waals surface area (Å²) in [6.45, 7) is 6.98. The Labute approximate surface area is 181 Å². The van der Waals surface area contributed by atoms with Crippen molar-refractivity contribution in [2.24, 2.45) is 5.92 Å². The molecule has 0 nitrogen and oxygen atoms in total. The highest BCUT2D eigenvalue weighted by molar-refractivity contribution is 4.61. The van der Waals surface area contributed by atoms with Crippen LogP contribution in [-0.4, -0.2) is 0 Å². The summed E-state index contributed by atoms with van der Waals surface area (Å²) in [5, 5.41) is 0. The van der Waals surface area contributed by atoms with Gasteiger partial charge in [-0.25, -0.2) is 0 Å². The quantitative estimate of drug-likeness (QED) is 0.143. The summed E-state index contributed by atoms with van der Waals surface area (Å²) in [5.74, 6) is 1.04. The second-order valence-corrected chi connectivity index (χ2v) is 9.60. The van der Waals surface area contributed by atoms with Crippen LogP contribution in [-0.2, 0) is 0 Å². The van der Waals surface area contributed by atoms with Gasteiger partial charge in [-0.2, -0.15) is 0 Å². The summed E-state index contributed by atoms with van der Waals surface area (Å²) < 4.78 is 0. The molecule has 0 radical (unpaired) electrons. The molecule has 0 heterocycles. The zero-order valence-electron chi connectivity index (χ0n) is 20.5. The molecule has 1 unspecified atom stereocenters. The fourth-order valence-electron chi connectivity index (χ4n) is 4.59. The van der Waals surface area contributed by atoms with Gasteiger partial charge in [-0.05, 0) is 5.92 Å². The van der Waals surface area contributed by atoms with Crippen molar-refractivity contribution >= 4 is 0 Å². The van der Waals surface area contributed by atoms with E-state index in [4.69, 9.17) is 0 Å². The van der Waals surface area contributed by atoms with E-state index in [0.717, 1.165) is 5.92 Å². The van der Waals surface area contributed by atoms with Crippen LogP contribution in [0.25, 0.3) is 0 Å². The van der Waals surface area contributed by atoms with Crippen LogP contribution in [0.4, 0.5) is 0 Å². The van der Waals surface area contributed by atoms with Crippen LogP contribution in [0, 0.1) is 5.92 Å². The van der Waals surface area contributed by atoms with Gasteiger partial charge in [-0.1, -0.05) is 175 Å². The van der Waals surface area contributed by atoms with Gasteiger partial charge >= 0.3 is 0 Å². The Morgan fingerprint density at radius 2 is 0.536 bits per heavy atom. The average molecular weight is 395 g/mol. The highest BCUT2D eigenvalue weighted by Gasteiger charge is 2.07. The number of hydrogen-bond acceptors (Lipinski definition) is 0. The van der Waals surface area contributed by atoms with E-state index < -0.39 is 0 Å². The second kappa shape index (κ2) is 25.0. The maximum Gasteiger partial charge on any atom is -0.0414 e. The van der Waals surface area contributed by atoms with Crippen LogP contribution < -0.4 is 0 Å². The van der Waals surface area contributed by atoms with E-state index in [9.17, 15) is 0 Å². The molecule has 0 amide bonds. The van der Waals surface area contributed by atoms with Crippen LogP contribution in [0.5, 0.6) is 0 Å². The van der Waals surface area contributed by atoms with Gasteiger partial charge in [0, 0.05) is 0 Å². The van der Waals surface area contributed by atoms with Crippen LogP contribution >= 0.6 is 0 Å². The second-order valence-electron chi connectivity index (χ2n) is 9.60. The molecule has 0 N–H and O–H groups in total. The SMILES string of the molecule is CCCCCCCCCCCCCCCCCCC(CCCC)CCCCC. The molecule has 0 aliphatic heterocycles. The van der Waals surface area contributed by atoms with Gasteiger partial charge in [0.1, 0.15) is 0 Å². The maximum atomic E-state index is 2.34. The van der Waals surface area contributed by atoms with Crippen LogP contribution in [0.1, 0.15) is 175 Å². The predicted molar refractivity (Wildman–Crippen MR) is 131 cm³/mol. The minimum absolute atomic E-state index is 1.04. The molecule has 0 aliphatic carbocycles. The Balaban J connectivity index is 3.30. The fraction of sp³-hybridized carbons (Fsp3) is 1.00. The molecule has 0 fully saturated rings. The zero-order chi connectivity index (χ0) is 20.5. The summed E-state index contributed by atoms with van der Waals surface area (Å²) >= 11 is 0.